The molecule has 0 bridgehead atoms. The number of aromatic hydroxyl groups is 1. The van der Waals surface area contributed by atoms with Crippen molar-refractivity contribution >= 4 is 32.2 Å². The Bertz CT molecular complexity index is 1210. The molecule has 28 heavy (non-hydrogen) atoms. The molecule has 4 rings (SSSR count). The van der Waals surface area contributed by atoms with Gasteiger partial charge in [0.05, 0.1) is 14.2 Å². The zero-order valence-corrected chi connectivity index (χ0v) is 15.8. The van der Waals surface area contributed by atoms with Crippen molar-refractivity contribution in [1.82, 2.24) is 9.97 Å². The largest absolute Gasteiger partial charge is 0.504 e. The summed E-state index contributed by atoms with van der Waals surface area (Å²) < 4.78 is 44.1. The van der Waals surface area contributed by atoms with Crippen molar-refractivity contribution in [1.29, 1.82) is 0 Å². The van der Waals surface area contributed by atoms with Gasteiger partial charge < -0.3 is 28.7 Å². The number of aromatic nitrogens is 2. The van der Waals surface area contributed by atoms with Crippen LogP contribution in [0.4, 0.5) is 0 Å². The Hall–Kier alpha value is -3.37. The van der Waals surface area contributed by atoms with Gasteiger partial charge in [-0.3, -0.25) is 4.55 Å². The number of rotatable bonds is 4. The molecule has 0 radical (unpaired) electrons. The molecule has 0 saturated carbocycles. The second-order valence-corrected chi connectivity index (χ2v) is 6.69. The predicted octanol–water partition coefficient (Wildman–Crippen LogP) is 3.24. The second-order valence-electron chi connectivity index (χ2n) is 5.67. The van der Waals surface area contributed by atoms with Crippen LogP contribution in [0, 0.1) is 0 Å². The Kier molecular flexibility index (Phi) is 5.34. The number of hydrogen-bond donors (Lipinski definition) is 4. The molecule has 0 unspecified atom stereocenters. The third-order valence-electron chi connectivity index (χ3n) is 3.89. The van der Waals surface area contributed by atoms with Crippen molar-refractivity contribution in [3.05, 3.63) is 48.8 Å². The second kappa shape index (κ2) is 7.71. The van der Waals surface area contributed by atoms with Crippen molar-refractivity contribution < 1.29 is 31.7 Å². The summed E-state index contributed by atoms with van der Waals surface area (Å²) in [6.45, 7) is 0. The average molecular weight is 406 g/mol. The molecular formula is C18H18N2O7S. The molecule has 0 aliphatic rings. The summed E-state index contributed by atoms with van der Waals surface area (Å²) in [4.78, 5) is 5.93. The Morgan fingerprint density at radius 1 is 0.821 bits per heavy atom. The highest BCUT2D eigenvalue weighted by molar-refractivity contribution is 7.81. The molecule has 4 aromatic rings. The first-order valence-corrected chi connectivity index (χ1v) is 9.33. The maximum atomic E-state index is 10.6. The normalized spacial score (nSPS) is 11.1. The molecule has 0 spiro atoms. The highest BCUT2D eigenvalue weighted by atomic mass is 32.3. The highest BCUT2D eigenvalue weighted by Crippen LogP contribution is 2.32. The first-order valence-electron chi connectivity index (χ1n) is 7.97. The predicted molar refractivity (Wildman–Crippen MR) is 104 cm³/mol. The molecule has 4 N–H and O–H groups in total. The van der Waals surface area contributed by atoms with E-state index < -0.39 is 10.4 Å². The number of phenols is 1. The lowest BCUT2D eigenvalue weighted by molar-refractivity contribution is 0.361. The van der Waals surface area contributed by atoms with E-state index in [4.69, 9.17) is 14.0 Å². The van der Waals surface area contributed by atoms with E-state index >= 15 is 0 Å². The number of nitrogens with one attached hydrogen (secondary N) is 2. The first kappa shape index (κ1) is 19.4. The number of methoxy groups -OCH3 is 2. The molecule has 0 aliphatic carbocycles. The van der Waals surface area contributed by atoms with Crippen molar-refractivity contribution in [2.75, 3.05) is 14.2 Å². The summed E-state index contributed by atoms with van der Waals surface area (Å²) in [6, 6.07) is 10.1. The van der Waals surface area contributed by atoms with Crippen LogP contribution in [-0.2, 0) is 10.4 Å². The van der Waals surface area contributed by atoms with Crippen LogP contribution in [0.2, 0.25) is 0 Å². The Morgan fingerprint density at radius 2 is 1.36 bits per heavy atom. The Labute approximate surface area is 160 Å². The fraction of sp³-hybridized carbons (Fsp3) is 0.111. The minimum Gasteiger partial charge on any atom is -0.504 e. The fourth-order valence-electron chi connectivity index (χ4n) is 2.63. The number of aromatic amines is 2. The number of ether oxygens (including phenoxy) is 2. The number of fused-ring (bicyclic) bond motifs is 2. The summed E-state index contributed by atoms with van der Waals surface area (Å²) in [5, 5.41) is 11.2. The summed E-state index contributed by atoms with van der Waals surface area (Å²) in [5.41, 5.74) is 1.69. The van der Waals surface area contributed by atoms with Crippen LogP contribution in [0.5, 0.6) is 23.0 Å². The van der Waals surface area contributed by atoms with Gasteiger partial charge >= 0.3 is 10.4 Å². The van der Waals surface area contributed by atoms with Gasteiger partial charge in [-0.15, -0.1) is 0 Å². The molecule has 0 amide bonds. The van der Waals surface area contributed by atoms with Crippen LogP contribution in [0.25, 0.3) is 21.8 Å². The van der Waals surface area contributed by atoms with Crippen LogP contribution in [0.1, 0.15) is 0 Å². The molecule has 2 aromatic heterocycles. The van der Waals surface area contributed by atoms with Gasteiger partial charge in [0.1, 0.15) is 0 Å². The van der Waals surface area contributed by atoms with E-state index in [0.717, 1.165) is 21.8 Å². The van der Waals surface area contributed by atoms with E-state index in [2.05, 4.69) is 14.2 Å². The number of phenolic OH excluding ortho intramolecular Hbond substituents is 1. The first-order chi connectivity index (χ1) is 13.3. The van der Waals surface area contributed by atoms with E-state index in [1.807, 2.05) is 12.3 Å². The van der Waals surface area contributed by atoms with Crippen molar-refractivity contribution in [3.63, 3.8) is 0 Å². The topological polar surface area (TPSA) is 134 Å². The molecule has 2 heterocycles. The molecule has 10 heteroatoms. The zero-order chi connectivity index (χ0) is 20.3. The van der Waals surface area contributed by atoms with Crippen LogP contribution in [-0.4, -0.2) is 42.3 Å². The average Bonchev–Trinajstić information content (AvgIpc) is 3.27. The van der Waals surface area contributed by atoms with E-state index in [9.17, 15) is 13.5 Å². The molecule has 2 aromatic carbocycles. The summed E-state index contributed by atoms with van der Waals surface area (Å²) in [6.07, 6.45) is 3.52. The van der Waals surface area contributed by atoms with Crippen molar-refractivity contribution in [2.45, 2.75) is 0 Å². The summed E-state index contributed by atoms with van der Waals surface area (Å²) >= 11 is 0. The van der Waals surface area contributed by atoms with E-state index in [1.54, 1.807) is 30.5 Å². The zero-order valence-electron chi connectivity index (χ0n) is 15.0. The SMILES string of the molecule is COc1cc2[nH]ccc2cc1OS(=O)(=O)O.COc1cc2cc[nH]c2cc1O. The molecular weight excluding hydrogens is 388 g/mol. The van der Waals surface area contributed by atoms with Gasteiger partial charge in [0, 0.05) is 46.3 Å². The van der Waals surface area contributed by atoms with Gasteiger partial charge in [0.25, 0.3) is 0 Å². The molecule has 0 atom stereocenters. The van der Waals surface area contributed by atoms with Gasteiger partial charge in [0.2, 0.25) is 0 Å². The summed E-state index contributed by atoms with van der Waals surface area (Å²) in [5.74, 6) is 0.819. The van der Waals surface area contributed by atoms with Crippen LogP contribution >= 0.6 is 0 Å². The number of benzene rings is 2. The van der Waals surface area contributed by atoms with Crippen LogP contribution in [0.15, 0.2) is 48.8 Å². The minimum atomic E-state index is -4.55. The van der Waals surface area contributed by atoms with Gasteiger partial charge in [-0.1, -0.05) is 0 Å². The van der Waals surface area contributed by atoms with Crippen LogP contribution in [0.3, 0.4) is 0 Å². The van der Waals surface area contributed by atoms with Crippen molar-refractivity contribution in [2.24, 2.45) is 0 Å². The standard InChI is InChI=1S/C9H9NO5S.C9H9NO2/c1-14-8-5-7-6(2-3-10-7)4-9(8)15-16(11,12)13;1-12-9-4-6-2-3-10-7(6)5-8(9)11/h2-5,10H,1H3,(H,11,12,13);2-5,10-11H,1H3. The monoisotopic (exact) mass is 406 g/mol. The Morgan fingerprint density at radius 3 is 1.89 bits per heavy atom. The smallest absolute Gasteiger partial charge is 0.446 e. The number of H-pyrrole nitrogens is 2. The highest BCUT2D eigenvalue weighted by Gasteiger charge is 2.14. The van der Waals surface area contributed by atoms with E-state index in [1.165, 1.54) is 20.3 Å². The third kappa shape index (κ3) is 4.30. The maximum absolute atomic E-state index is 10.6. The van der Waals surface area contributed by atoms with Gasteiger partial charge in [-0.2, -0.15) is 8.42 Å². The molecule has 148 valence electrons. The lowest BCUT2D eigenvalue weighted by Gasteiger charge is -2.07. The lowest BCUT2D eigenvalue weighted by Crippen LogP contribution is -2.07. The summed E-state index contributed by atoms with van der Waals surface area (Å²) in [7, 11) is -1.64. The molecule has 0 fully saturated rings. The van der Waals surface area contributed by atoms with Crippen LogP contribution < -0.4 is 13.7 Å². The quantitative estimate of drug-likeness (QED) is 0.382. The third-order valence-corrected chi connectivity index (χ3v) is 4.28. The number of hydrogen-bond acceptors (Lipinski definition) is 6. The molecule has 9 nitrogen and oxygen atoms in total. The van der Waals surface area contributed by atoms with E-state index in [-0.39, 0.29) is 17.2 Å². The lowest BCUT2D eigenvalue weighted by atomic mass is 10.2. The van der Waals surface area contributed by atoms with Crippen molar-refractivity contribution in [3.8, 4) is 23.0 Å². The Balaban J connectivity index is 0.000000167. The maximum Gasteiger partial charge on any atom is 0.446 e. The molecule has 0 saturated heterocycles. The minimum absolute atomic E-state index is 0.0582. The fourth-order valence-corrected chi connectivity index (χ4v) is 2.99. The van der Waals surface area contributed by atoms with Gasteiger partial charge in [-0.25, -0.2) is 0 Å². The van der Waals surface area contributed by atoms with E-state index in [0.29, 0.717) is 5.75 Å². The van der Waals surface area contributed by atoms with Gasteiger partial charge in [0.15, 0.2) is 23.0 Å². The van der Waals surface area contributed by atoms with Gasteiger partial charge in [-0.05, 0) is 24.3 Å². The molecule has 0 aliphatic heterocycles.